The maximum atomic E-state index is 10.7. The molecule has 0 amide bonds. The fourth-order valence-electron chi connectivity index (χ4n) is 1.56. The lowest BCUT2D eigenvalue weighted by molar-refractivity contribution is -0.386. The second kappa shape index (κ2) is 4.27. The number of nitrogens with zero attached hydrogens (tertiary/aromatic N) is 1. The van der Waals surface area contributed by atoms with Crippen molar-refractivity contribution in [3.05, 3.63) is 33.3 Å². The third kappa shape index (κ3) is 2.10. The third-order valence-corrected chi connectivity index (χ3v) is 2.79. The van der Waals surface area contributed by atoms with Crippen molar-refractivity contribution in [3.63, 3.8) is 0 Å². The van der Waals surface area contributed by atoms with Gasteiger partial charge in [-0.3, -0.25) is 10.1 Å². The molecule has 1 aliphatic carbocycles. The molecule has 1 aliphatic rings. The van der Waals surface area contributed by atoms with Gasteiger partial charge in [0.15, 0.2) is 0 Å². The predicted octanol–water partition coefficient (Wildman–Crippen LogP) is 2.15. The van der Waals surface area contributed by atoms with Crippen LogP contribution in [-0.2, 0) is 0 Å². The van der Waals surface area contributed by atoms with Crippen LogP contribution in [0.1, 0.15) is 12.8 Å². The second-order valence-corrected chi connectivity index (χ2v) is 4.12. The number of nitro benzene ring substituents is 1. The van der Waals surface area contributed by atoms with Crippen molar-refractivity contribution in [1.29, 1.82) is 0 Å². The molecule has 0 spiro atoms. The van der Waals surface area contributed by atoms with E-state index in [1.807, 2.05) is 0 Å². The fraction of sp³-hybridized carbons (Fsp3) is 0.400. The lowest BCUT2D eigenvalue weighted by Gasteiger charge is -2.31. The van der Waals surface area contributed by atoms with E-state index in [1.165, 1.54) is 12.1 Å². The Bertz CT molecular complexity index is 417. The van der Waals surface area contributed by atoms with Crippen LogP contribution in [0, 0.1) is 10.1 Å². The molecular formula is C10H10ClNO4. The van der Waals surface area contributed by atoms with Gasteiger partial charge in [0.05, 0.1) is 16.0 Å². The minimum atomic E-state index is -0.531. The molecular weight excluding hydrogens is 234 g/mol. The number of rotatable bonds is 3. The van der Waals surface area contributed by atoms with Crippen molar-refractivity contribution < 1.29 is 14.8 Å². The molecule has 0 bridgehead atoms. The van der Waals surface area contributed by atoms with Crippen LogP contribution in [0.2, 0.25) is 5.02 Å². The van der Waals surface area contributed by atoms with E-state index < -0.39 is 4.92 Å². The summed E-state index contributed by atoms with van der Waals surface area (Å²) in [4.78, 5) is 10.2. The number of hydrogen-bond donors (Lipinski definition) is 1. The standard InChI is InChI=1S/C10H10ClNO4/c11-8-2-1-3-9(12(14)15)10(8)16-7-4-6(13)5-7/h1-3,6-7,13H,4-5H2. The van der Waals surface area contributed by atoms with Crippen LogP contribution < -0.4 is 4.74 Å². The van der Waals surface area contributed by atoms with Crippen molar-refractivity contribution in [2.75, 3.05) is 0 Å². The number of aliphatic hydroxyl groups excluding tert-OH is 1. The first-order chi connectivity index (χ1) is 7.58. The summed E-state index contributed by atoms with van der Waals surface area (Å²) >= 11 is 5.84. The van der Waals surface area contributed by atoms with E-state index in [2.05, 4.69) is 0 Å². The Balaban J connectivity index is 2.21. The first-order valence-corrected chi connectivity index (χ1v) is 5.23. The summed E-state index contributed by atoms with van der Waals surface area (Å²) in [5, 5.41) is 20.1. The van der Waals surface area contributed by atoms with Gasteiger partial charge in [-0.1, -0.05) is 17.7 Å². The highest BCUT2D eigenvalue weighted by atomic mass is 35.5. The van der Waals surface area contributed by atoms with Crippen molar-refractivity contribution in [3.8, 4) is 5.75 Å². The number of hydrogen-bond acceptors (Lipinski definition) is 4. The Hall–Kier alpha value is -1.33. The van der Waals surface area contributed by atoms with Crippen molar-refractivity contribution in [1.82, 2.24) is 0 Å². The highest BCUT2D eigenvalue weighted by Crippen LogP contribution is 2.37. The number of nitro groups is 1. The van der Waals surface area contributed by atoms with Gasteiger partial charge in [0, 0.05) is 18.9 Å². The largest absolute Gasteiger partial charge is 0.482 e. The summed E-state index contributed by atoms with van der Waals surface area (Å²) < 4.78 is 5.41. The molecule has 6 heteroatoms. The smallest absolute Gasteiger partial charge is 0.312 e. The van der Waals surface area contributed by atoms with E-state index in [-0.39, 0.29) is 28.7 Å². The number of benzene rings is 1. The number of para-hydroxylation sites is 1. The van der Waals surface area contributed by atoms with Gasteiger partial charge in [-0.25, -0.2) is 0 Å². The normalized spacial score (nSPS) is 23.6. The zero-order valence-corrected chi connectivity index (χ0v) is 9.05. The van der Waals surface area contributed by atoms with E-state index in [1.54, 1.807) is 6.07 Å². The molecule has 1 aromatic rings. The van der Waals surface area contributed by atoms with Gasteiger partial charge in [0.25, 0.3) is 0 Å². The van der Waals surface area contributed by atoms with Gasteiger partial charge >= 0.3 is 5.69 Å². The molecule has 0 heterocycles. The Morgan fingerprint density at radius 2 is 2.19 bits per heavy atom. The average molecular weight is 244 g/mol. The van der Waals surface area contributed by atoms with Gasteiger partial charge in [-0.05, 0) is 6.07 Å². The fourth-order valence-corrected chi connectivity index (χ4v) is 1.77. The Labute approximate surface area is 96.7 Å². The van der Waals surface area contributed by atoms with Gasteiger partial charge in [-0.2, -0.15) is 0 Å². The Kier molecular flexibility index (Phi) is 2.98. The summed E-state index contributed by atoms with van der Waals surface area (Å²) in [6, 6.07) is 4.39. The quantitative estimate of drug-likeness (QED) is 0.652. The molecule has 0 saturated heterocycles. The van der Waals surface area contributed by atoms with E-state index in [4.69, 9.17) is 21.4 Å². The summed E-state index contributed by atoms with van der Waals surface area (Å²) in [5.74, 6) is 0.0890. The molecule has 0 unspecified atom stereocenters. The van der Waals surface area contributed by atoms with Crippen LogP contribution >= 0.6 is 11.6 Å². The molecule has 1 aromatic carbocycles. The maximum Gasteiger partial charge on any atom is 0.312 e. The zero-order valence-electron chi connectivity index (χ0n) is 8.30. The lowest BCUT2D eigenvalue weighted by atomic mass is 9.92. The minimum absolute atomic E-state index is 0.0890. The highest BCUT2D eigenvalue weighted by molar-refractivity contribution is 6.32. The maximum absolute atomic E-state index is 10.7. The predicted molar refractivity (Wildman–Crippen MR) is 57.8 cm³/mol. The van der Waals surface area contributed by atoms with Crippen LogP contribution in [0.3, 0.4) is 0 Å². The monoisotopic (exact) mass is 243 g/mol. The number of aliphatic hydroxyl groups is 1. The molecule has 5 nitrogen and oxygen atoms in total. The molecule has 1 N–H and O–H groups in total. The molecule has 0 aliphatic heterocycles. The molecule has 1 fully saturated rings. The second-order valence-electron chi connectivity index (χ2n) is 3.71. The van der Waals surface area contributed by atoms with Gasteiger partial charge in [0.2, 0.25) is 5.75 Å². The van der Waals surface area contributed by atoms with Crippen LogP contribution in [0.15, 0.2) is 18.2 Å². The van der Waals surface area contributed by atoms with E-state index >= 15 is 0 Å². The Morgan fingerprint density at radius 1 is 1.50 bits per heavy atom. The van der Waals surface area contributed by atoms with E-state index in [0.29, 0.717) is 12.8 Å². The third-order valence-electron chi connectivity index (χ3n) is 2.50. The van der Waals surface area contributed by atoms with E-state index in [0.717, 1.165) is 0 Å². The zero-order chi connectivity index (χ0) is 11.7. The molecule has 16 heavy (non-hydrogen) atoms. The van der Waals surface area contributed by atoms with Crippen molar-refractivity contribution in [2.24, 2.45) is 0 Å². The number of halogens is 1. The van der Waals surface area contributed by atoms with Gasteiger partial charge in [0.1, 0.15) is 6.10 Å². The molecule has 0 aromatic heterocycles. The van der Waals surface area contributed by atoms with E-state index in [9.17, 15) is 10.1 Å². The van der Waals surface area contributed by atoms with Crippen LogP contribution in [-0.4, -0.2) is 22.2 Å². The molecule has 86 valence electrons. The lowest BCUT2D eigenvalue weighted by Crippen LogP contribution is -2.37. The first kappa shape index (κ1) is 11.2. The van der Waals surface area contributed by atoms with Crippen molar-refractivity contribution >= 4 is 17.3 Å². The summed E-state index contributed by atoms with van der Waals surface area (Å²) in [7, 11) is 0. The highest BCUT2D eigenvalue weighted by Gasteiger charge is 2.31. The van der Waals surface area contributed by atoms with Crippen LogP contribution in [0.5, 0.6) is 5.75 Å². The molecule has 0 atom stereocenters. The molecule has 0 radical (unpaired) electrons. The number of ether oxygens (including phenoxy) is 1. The average Bonchev–Trinajstić information content (AvgIpc) is 2.18. The SMILES string of the molecule is O=[N+]([O-])c1cccc(Cl)c1OC1CC(O)C1. The molecule has 2 rings (SSSR count). The minimum Gasteiger partial charge on any atom is -0.482 e. The topological polar surface area (TPSA) is 72.6 Å². The van der Waals surface area contributed by atoms with Crippen LogP contribution in [0.25, 0.3) is 0 Å². The van der Waals surface area contributed by atoms with Gasteiger partial charge in [-0.15, -0.1) is 0 Å². The summed E-state index contributed by atoms with van der Waals surface area (Å²) in [5.41, 5.74) is -0.145. The van der Waals surface area contributed by atoms with Gasteiger partial charge < -0.3 is 9.84 Å². The molecule has 1 saturated carbocycles. The van der Waals surface area contributed by atoms with Crippen molar-refractivity contribution in [2.45, 2.75) is 25.0 Å². The first-order valence-electron chi connectivity index (χ1n) is 4.85. The summed E-state index contributed by atoms with van der Waals surface area (Å²) in [6.07, 6.45) is 0.422. The van der Waals surface area contributed by atoms with Crippen LogP contribution in [0.4, 0.5) is 5.69 Å². The Morgan fingerprint density at radius 3 is 2.75 bits per heavy atom. The summed E-state index contributed by atoms with van der Waals surface area (Å²) in [6.45, 7) is 0.